The van der Waals surface area contributed by atoms with E-state index in [0.29, 0.717) is 38.1 Å². The summed E-state index contributed by atoms with van der Waals surface area (Å²) in [6.45, 7) is 3.88. The Bertz CT molecular complexity index is 515. The van der Waals surface area contributed by atoms with Crippen LogP contribution in [0.3, 0.4) is 0 Å². The Morgan fingerprint density at radius 1 is 1.38 bits per heavy atom. The number of hydrogen-bond acceptors (Lipinski definition) is 3. The predicted molar refractivity (Wildman–Crippen MR) is 78.3 cm³/mol. The van der Waals surface area contributed by atoms with Crippen LogP contribution in [0.5, 0.6) is 0 Å². The standard InChI is InChI=1S/C16H21NO4/c1-2-13-11-17(9-10-21-13)15(18)8-7-12-5-3-4-6-14(12)16(19)20/h3-6,13H,2,7-11H2,1H3,(H,19,20). The second-order valence-electron chi connectivity index (χ2n) is 5.20. The van der Waals surface area contributed by atoms with E-state index in [0.717, 1.165) is 6.42 Å². The SMILES string of the molecule is CCC1CN(C(=O)CCc2ccccc2C(=O)O)CCO1. The first-order valence-electron chi connectivity index (χ1n) is 7.32. The summed E-state index contributed by atoms with van der Waals surface area (Å²) in [5.41, 5.74) is 0.984. The normalized spacial score (nSPS) is 18.5. The fourth-order valence-electron chi connectivity index (χ4n) is 2.54. The van der Waals surface area contributed by atoms with Gasteiger partial charge in [0, 0.05) is 19.5 Å². The quantitative estimate of drug-likeness (QED) is 0.900. The molecule has 1 aromatic carbocycles. The van der Waals surface area contributed by atoms with Gasteiger partial charge in [0.1, 0.15) is 0 Å². The Morgan fingerprint density at radius 3 is 2.86 bits per heavy atom. The van der Waals surface area contributed by atoms with E-state index in [1.54, 1.807) is 24.3 Å². The predicted octanol–water partition coefficient (Wildman–Crippen LogP) is 1.95. The number of rotatable bonds is 5. The Balaban J connectivity index is 1.94. The van der Waals surface area contributed by atoms with Gasteiger partial charge >= 0.3 is 5.97 Å². The third-order valence-corrected chi connectivity index (χ3v) is 3.80. The molecule has 1 heterocycles. The van der Waals surface area contributed by atoms with Gasteiger partial charge < -0.3 is 14.7 Å². The lowest BCUT2D eigenvalue weighted by Crippen LogP contribution is -2.45. The highest BCUT2D eigenvalue weighted by Crippen LogP contribution is 2.14. The molecular weight excluding hydrogens is 270 g/mol. The van der Waals surface area contributed by atoms with Gasteiger partial charge in [-0.3, -0.25) is 4.79 Å². The van der Waals surface area contributed by atoms with Crippen LogP contribution in [0.25, 0.3) is 0 Å². The first-order valence-corrected chi connectivity index (χ1v) is 7.32. The number of aromatic carboxylic acids is 1. The fourth-order valence-corrected chi connectivity index (χ4v) is 2.54. The van der Waals surface area contributed by atoms with Crippen molar-refractivity contribution < 1.29 is 19.4 Å². The van der Waals surface area contributed by atoms with Gasteiger partial charge in [-0.05, 0) is 24.5 Å². The molecule has 5 nitrogen and oxygen atoms in total. The molecule has 1 fully saturated rings. The van der Waals surface area contributed by atoms with Crippen LogP contribution in [0, 0.1) is 0 Å². The molecule has 1 atom stereocenters. The Hall–Kier alpha value is -1.88. The Kier molecular flexibility index (Phi) is 5.33. The highest BCUT2D eigenvalue weighted by atomic mass is 16.5. The molecule has 0 aromatic heterocycles. The van der Waals surface area contributed by atoms with Crippen LogP contribution in [-0.2, 0) is 16.0 Å². The number of amides is 1. The minimum Gasteiger partial charge on any atom is -0.478 e. The maximum Gasteiger partial charge on any atom is 0.335 e. The number of benzene rings is 1. The van der Waals surface area contributed by atoms with Gasteiger partial charge in [-0.2, -0.15) is 0 Å². The van der Waals surface area contributed by atoms with E-state index in [2.05, 4.69) is 0 Å². The van der Waals surface area contributed by atoms with Crippen LogP contribution in [0.1, 0.15) is 35.7 Å². The molecule has 0 bridgehead atoms. The summed E-state index contributed by atoms with van der Waals surface area (Å²) in [5, 5.41) is 9.13. The number of hydrogen-bond donors (Lipinski definition) is 1. The number of nitrogens with zero attached hydrogens (tertiary/aromatic N) is 1. The molecule has 1 unspecified atom stereocenters. The smallest absolute Gasteiger partial charge is 0.335 e. The third-order valence-electron chi connectivity index (χ3n) is 3.80. The number of ether oxygens (including phenoxy) is 1. The van der Waals surface area contributed by atoms with Gasteiger partial charge in [0.25, 0.3) is 0 Å². The fraction of sp³-hybridized carbons (Fsp3) is 0.500. The number of carbonyl (C=O) groups is 2. The van der Waals surface area contributed by atoms with Crippen LogP contribution >= 0.6 is 0 Å². The van der Waals surface area contributed by atoms with E-state index in [-0.39, 0.29) is 17.6 Å². The number of carboxylic acids is 1. The molecule has 21 heavy (non-hydrogen) atoms. The highest BCUT2D eigenvalue weighted by molar-refractivity contribution is 5.89. The van der Waals surface area contributed by atoms with Crippen molar-refractivity contribution in [2.75, 3.05) is 19.7 Å². The van der Waals surface area contributed by atoms with Crippen LogP contribution < -0.4 is 0 Å². The van der Waals surface area contributed by atoms with Gasteiger partial charge in [0.2, 0.25) is 5.91 Å². The number of aryl methyl sites for hydroxylation is 1. The van der Waals surface area contributed by atoms with Gasteiger partial charge in [0.05, 0.1) is 18.3 Å². The molecule has 114 valence electrons. The van der Waals surface area contributed by atoms with E-state index in [4.69, 9.17) is 9.84 Å². The van der Waals surface area contributed by atoms with Crippen molar-refractivity contribution in [3.63, 3.8) is 0 Å². The van der Waals surface area contributed by atoms with Gasteiger partial charge in [-0.25, -0.2) is 4.79 Å². The molecule has 1 aliphatic rings. The van der Waals surface area contributed by atoms with Crippen molar-refractivity contribution in [2.45, 2.75) is 32.3 Å². The monoisotopic (exact) mass is 291 g/mol. The molecule has 2 rings (SSSR count). The van der Waals surface area contributed by atoms with Crippen molar-refractivity contribution in [2.24, 2.45) is 0 Å². The number of carbonyl (C=O) groups excluding carboxylic acids is 1. The Labute approximate surface area is 124 Å². The maximum atomic E-state index is 12.2. The molecule has 0 saturated carbocycles. The van der Waals surface area contributed by atoms with Crippen LogP contribution in [0.2, 0.25) is 0 Å². The number of morpholine rings is 1. The summed E-state index contributed by atoms with van der Waals surface area (Å²) in [7, 11) is 0. The van der Waals surface area contributed by atoms with E-state index < -0.39 is 5.97 Å². The molecule has 1 aliphatic heterocycles. The van der Waals surface area contributed by atoms with Crippen molar-refractivity contribution in [3.05, 3.63) is 35.4 Å². The largest absolute Gasteiger partial charge is 0.478 e. The summed E-state index contributed by atoms with van der Waals surface area (Å²) in [5.74, 6) is -0.882. The van der Waals surface area contributed by atoms with Crippen LogP contribution in [-0.4, -0.2) is 47.7 Å². The van der Waals surface area contributed by atoms with E-state index in [9.17, 15) is 9.59 Å². The summed E-state index contributed by atoms with van der Waals surface area (Å²) in [6, 6.07) is 6.84. The molecule has 1 amide bonds. The average Bonchev–Trinajstić information content (AvgIpc) is 2.52. The lowest BCUT2D eigenvalue weighted by molar-refractivity contribution is -0.138. The zero-order valence-corrected chi connectivity index (χ0v) is 12.2. The summed E-state index contributed by atoms with van der Waals surface area (Å²) in [4.78, 5) is 25.2. The summed E-state index contributed by atoms with van der Waals surface area (Å²) in [6.07, 6.45) is 1.80. The lowest BCUT2D eigenvalue weighted by atomic mass is 10.0. The summed E-state index contributed by atoms with van der Waals surface area (Å²) >= 11 is 0. The maximum absolute atomic E-state index is 12.2. The molecule has 1 N–H and O–H groups in total. The van der Waals surface area contributed by atoms with Crippen molar-refractivity contribution in [1.29, 1.82) is 0 Å². The first-order chi connectivity index (χ1) is 10.1. The van der Waals surface area contributed by atoms with Crippen LogP contribution in [0.4, 0.5) is 0 Å². The van der Waals surface area contributed by atoms with Gasteiger partial charge in [-0.15, -0.1) is 0 Å². The molecule has 1 aromatic rings. The first kappa shape index (κ1) is 15.5. The molecule has 0 spiro atoms. The molecule has 5 heteroatoms. The second kappa shape index (κ2) is 7.22. The van der Waals surface area contributed by atoms with Crippen LogP contribution in [0.15, 0.2) is 24.3 Å². The van der Waals surface area contributed by atoms with Gasteiger partial charge in [-0.1, -0.05) is 25.1 Å². The van der Waals surface area contributed by atoms with E-state index >= 15 is 0 Å². The lowest BCUT2D eigenvalue weighted by Gasteiger charge is -2.32. The molecular formula is C16H21NO4. The zero-order chi connectivity index (χ0) is 15.2. The van der Waals surface area contributed by atoms with Crippen molar-refractivity contribution >= 4 is 11.9 Å². The average molecular weight is 291 g/mol. The topological polar surface area (TPSA) is 66.8 Å². The van der Waals surface area contributed by atoms with E-state index in [1.165, 1.54) is 0 Å². The molecule has 0 radical (unpaired) electrons. The molecule has 1 saturated heterocycles. The zero-order valence-electron chi connectivity index (χ0n) is 12.2. The number of carboxylic acid groups (broad SMARTS) is 1. The van der Waals surface area contributed by atoms with Crippen molar-refractivity contribution in [3.8, 4) is 0 Å². The third kappa shape index (κ3) is 4.04. The minimum absolute atomic E-state index is 0.0666. The van der Waals surface area contributed by atoms with Crippen molar-refractivity contribution in [1.82, 2.24) is 4.90 Å². The van der Waals surface area contributed by atoms with Gasteiger partial charge in [0.15, 0.2) is 0 Å². The second-order valence-corrected chi connectivity index (χ2v) is 5.20. The Morgan fingerprint density at radius 2 is 2.14 bits per heavy atom. The molecule has 0 aliphatic carbocycles. The van der Waals surface area contributed by atoms with E-state index in [1.807, 2.05) is 11.8 Å². The highest BCUT2D eigenvalue weighted by Gasteiger charge is 2.23. The summed E-state index contributed by atoms with van der Waals surface area (Å²) < 4.78 is 5.55. The minimum atomic E-state index is -0.949.